The summed E-state index contributed by atoms with van der Waals surface area (Å²) in [6.45, 7) is 7.76. The number of fused-ring (bicyclic) bond motifs is 2. The number of carbonyl (C=O) groups excluding carboxylic acids is 4. The van der Waals surface area contributed by atoms with Gasteiger partial charge in [0.05, 0.1) is 18.4 Å². The summed E-state index contributed by atoms with van der Waals surface area (Å²) in [7, 11) is 0. The molecule has 0 aromatic heterocycles. The summed E-state index contributed by atoms with van der Waals surface area (Å²) in [4.78, 5) is 66.0. The molecule has 0 radical (unpaired) electrons. The molecule has 236 valence electrons. The minimum atomic E-state index is -2.45. The maximum Gasteiger partial charge on any atom is 0.329 e. The van der Waals surface area contributed by atoms with Gasteiger partial charge in [-0.1, -0.05) is 50.8 Å². The Morgan fingerprint density at radius 2 is 1.84 bits per heavy atom. The van der Waals surface area contributed by atoms with Gasteiger partial charge < -0.3 is 30.1 Å². The summed E-state index contributed by atoms with van der Waals surface area (Å²) < 4.78 is 12.2. The summed E-state index contributed by atoms with van der Waals surface area (Å²) in [6, 6.07) is 7.60. The second kappa shape index (κ2) is 10.3. The van der Waals surface area contributed by atoms with Crippen LogP contribution in [-0.2, 0) is 39.9 Å². The lowest BCUT2D eigenvalue weighted by molar-refractivity contribution is -0.437. The minimum Gasteiger partial charge on any atom is -0.481 e. The first-order chi connectivity index (χ1) is 20.7. The van der Waals surface area contributed by atoms with Gasteiger partial charge in [-0.25, -0.2) is 4.79 Å². The largest absolute Gasteiger partial charge is 0.481 e. The van der Waals surface area contributed by atoms with Gasteiger partial charge in [-0.15, -0.1) is 0 Å². The van der Waals surface area contributed by atoms with E-state index >= 15 is 0 Å². The number of Topliss-reactive ketones (excluding diaryl/α,β-unsaturated/α-hetero) is 2. The number of ketones is 2. The second-order valence-electron chi connectivity index (χ2n) is 13.9. The van der Waals surface area contributed by atoms with Crippen LogP contribution in [0, 0.1) is 34.0 Å². The molecule has 4 bridgehead atoms. The van der Waals surface area contributed by atoms with Gasteiger partial charge in [0.25, 0.3) is 0 Å². The van der Waals surface area contributed by atoms with Crippen LogP contribution >= 0.6 is 0 Å². The fourth-order valence-electron chi connectivity index (χ4n) is 9.50. The molecule has 2 saturated heterocycles. The van der Waals surface area contributed by atoms with Crippen molar-refractivity contribution in [3.05, 3.63) is 48.0 Å². The van der Waals surface area contributed by atoms with Gasteiger partial charge in [-0.05, 0) is 41.7 Å². The highest BCUT2D eigenvalue weighted by atomic mass is 16.6. The van der Waals surface area contributed by atoms with E-state index in [1.54, 1.807) is 30.3 Å². The summed E-state index contributed by atoms with van der Waals surface area (Å²) in [5.41, 5.74) is -2.94. The normalized spacial score (nSPS) is 38.8. The molecule has 7 rings (SSSR count). The monoisotopic (exact) mass is 609 g/mol. The van der Waals surface area contributed by atoms with Crippen LogP contribution in [0.4, 0.5) is 0 Å². The highest BCUT2D eigenvalue weighted by Crippen LogP contribution is 2.76. The summed E-state index contributed by atoms with van der Waals surface area (Å²) in [6.07, 6.45) is -2.21. The van der Waals surface area contributed by atoms with E-state index in [9.17, 15) is 34.2 Å². The lowest BCUT2D eigenvalue weighted by Gasteiger charge is -2.72. The Kier molecular flexibility index (Phi) is 7.18. The van der Waals surface area contributed by atoms with Crippen molar-refractivity contribution >= 4 is 29.4 Å². The summed E-state index contributed by atoms with van der Waals surface area (Å²) in [5, 5.41) is 35.9. The third kappa shape index (κ3) is 4.01. The third-order valence-corrected chi connectivity index (χ3v) is 11.3. The van der Waals surface area contributed by atoms with Crippen molar-refractivity contribution in [2.45, 2.75) is 82.8 Å². The van der Waals surface area contributed by atoms with Crippen LogP contribution in [0.25, 0.3) is 0 Å². The quantitative estimate of drug-likeness (QED) is 0.251. The fourth-order valence-corrected chi connectivity index (χ4v) is 9.50. The molecule has 2 spiro atoms. The van der Waals surface area contributed by atoms with Crippen LogP contribution < -0.4 is 5.32 Å². The maximum atomic E-state index is 14.3. The zero-order valence-electron chi connectivity index (χ0n) is 24.9. The van der Waals surface area contributed by atoms with Gasteiger partial charge >= 0.3 is 11.9 Å². The smallest absolute Gasteiger partial charge is 0.329 e. The van der Waals surface area contributed by atoms with E-state index in [2.05, 4.69) is 11.9 Å². The molecule has 9 atom stereocenters. The first kappa shape index (κ1) is 30.6. The van der Waals surface area contributed by atoms with Crippen LogP contribution in [0.5, 0.6) is 0 Å². The highest BCUT2D eigenvalue weighted by Gasteiger charge is 2.88. The van der Waals surface area contributed by atoms with Gasteiger partial charge in [0, 0.05) is 31.1 Å². The molecule has 11 nitrogen and oxygen atoms in total. The van der Waals surface area contributed by atoms with Crippen molar-refractivity contribution in [3.8, 4) is 0 Å². The molecule has 4 aliphatic carbocycles. The molecule has 1 aromatic rings. The average molecular weight is 610 g/mol. The predicted octanol–water partition coefficient (Wildman–Crippen LogP) is 1.73. The summed E-state index contributed by atoms with van der Waals surface area (Å²) in [5.74, 6) is -8.02. The Labute approximate surface area is 255 Å². The van der Waals surface area contributed by atoms with Crippen molar-refractivity contribution in [2.75, 3.05) is 6.61 Å². The molecule has 1 aromatic carbocycles. The van der Waals surface area contributed by atoms with Gasteiger partial charge in [0.2, 0.25) is 11.7 Å². The number of amides is 1. The molecule has 6 aliphatic rings. The molecule has 11 heteroatoms. The van der Waals surface area contributed by atoms with E-state index < -0.39 is 88.1 Å². The number of benzene rings is 1. The van der Waals surface area contributed by atoms with E-state index in [1.165, 1.54) is 0 Å². The Morgan fingerprint density at radius 1 is 1.14 bits per heavy atom. The minimum absolute atomic E-state index is 0.0171. The van der Waals surface area contributed by atoms with Crippen molar-refractivity contribution < 1.29 is 48.8 Å². The SMILES string of the molecule is C=C1C(=O)[C@]23[C@H](OC(=O)C(Cc4ccccc4)NC(=O)CCC(=O)O)[C@@H]1CC[C@H]2[C@@]12CO[C@]3(O)[C@@H](O)[C@@H]1C(C)(C)CCC2=O. The second-order valence-corrected chi connectivity index (χ2v) is 13.9. The van der Waals surface area contributed by atoms with E-state index in [-0.39, 0.29) is 37.2 Å². The fraction of sp³-hybridized carbons (Fsp3) is 0.606. The number of hydrogen-bond acceptors (Lipinski definition) is 9. The number of esters is 1. The molecular formula is C33H39NO10. The van der Waals surface area contributed by atoms with Crippen molar-refractivity contribution in [2.24, 2.45) is 34.0 Å². The molecule has 1 amide bonds. The number of aliphatic carboxylic acids is 1. The number of ether oxygens (including phenoxy) is 2. The van der Waals surface area contributed by atoms with E-state index in [0.29, 0.717) is 24.8 Å². The molecule has 1 unspecified atom stereocenters. The van der Waals surface area contributed by atoms with Gasteiger partial charge in [-0.2, -0.15) is 0 Å². The number of hydrogen-bond donors (Lipinski definition) is 4. The van der Waals surface area contributed by atoms with Crippen LogP contribution in [0.1, 0.15) is 57.9 Å². The number of carboxylic acids is 1. The Balaban J connectivity index is 1.40. The number of carboxylic acid groups (broad SMARTS) is 1. The number of aliphatic hydroxyl groups excluding tert-OH is 1. The first-order valence-corrected chi connectivity index (χ1v) is 15.3. The lowest BCUT2D eigenvalue weighted by Crippen LogP contribution is -2.85. The molecule has 4 N–H and O–H groups in total. The van der Waals surface area contributed by atoms with Crippen LogP contribution in [0.3, 0.4) is 0 Å². The molecule has 2 heterocycles. The Morgan fingerprint density at radius 3 is 2.52 bits per heavy atom. The Hall–Kier alpha value is -3.41. The highest BCUT2D eigenvalue weighted by molar-refractivity contribution is 6.06. The van der Waals surface area contributed by atoms with Crippen LogP contribution in [0.15, 0.2) is 42.5 Å². The Bertz CT molecular complexity index is 1440. The lowest BCUT2D eigenvalue weighted by atomic mass is 9.36. The van der Waals surface area contributed by atoms with E-state index in [0.717, 1.165) is 0 Å². The number of nitrogens with one attached hydrogen (secondary N) is 1. The molecule has 2 aliphatic heterocycles. The van der Waals surface area contributed by atoms with E-state index in [1.807, 2.05) is 13.8 Å². The van der Waals surface area contributed by atoms with Crippen molar-refractivity contribution in [1.82, 2.24) is 5.32 Å². The van der Waals surface area contributed by atoms with Gasteiger partial charge in [0.1, 0.15) is 29.4 Å². The van der Waals surface area contributed by atoms with Gasteiger partial charge in [0.15, 0.2) is 5.78 Å². The van der Waals surface area contributed by atoms with Crippen molar-refractivity contribution in [1.29, 1.82) is 0 Å². The number of aliphatic hydroxyl groups is 2. The van der Waals surface area contributed by atoms with Crippen LogP contribution in [-0.4, -0.2) is 75.4 Å². The zero-order valence-corrected chi connectivity index (χ0v) is 24.9. The zero-order chi connectivity index (χ0) is 31.8. The maximum absolute atomic E-state index is 14.3. The predicted molar refractivity (Wildman–Crippen MR) is 152 cm³/mol. The molecule has 44 heavy (non-hydrogen) atoms. The van der Waals surface area contributed by atoms with Gasteiger partial charge in [-0.3, -0.25) is 19.2 Å². The molecule has 6 fully saturated rings. The molecule has 4 saturated carbocycles. The van der Waals surface area contributed by atoms with Crippen molar-refractivity contribution in [3.63, 3.8) is 0 Å². The van der Waals surface area contributed by atoms with E-state index in [4.69, 9.17) is 14.6 Å². The molecular weight excluding hydrogens is 570 g/mol. The number of rotatable bonds is 8. The topological polar surface area (TPSA) is 177 Å². The number of carbonyl (C=O) groups is 5. The summed E-state index contributed by atoms with van der Waals surface area (Å²) >= 11 is 0. The standard InChI is InChI=1S/C33H39NO10/c1-17-19-9-10-21-31-16-43-33(42,27(40)25(31)30(2,3)14-13-22(31)35)32(21,26(17)39)28(19)44-29(41)20(15-18-7-5-4-6-8-18)34-23(36)11-12-24(37)38/h4-8,19-21,25,27-28,40,42H,1,9-16H2,2-3H3,(H,34,36)(H,37,38)/t19-,20?,21+,25-,27+,28-,31-,32+,33-/m1/s1. The first-order valence-electron chi connectivity index (χ1n) is 15.3. The third-order valence-electron chi connectivity index (χ3n) is 11.3. The van der Waals surface area contributed by atoms with Crippen LogP contribution in [0.2, 0.25) is 0 Å². The average Bonchev–Trinajstić information content (AvgIpc) is 3.09.